The number of oxazole rings is 1. The second-order valence-electron chi connectivity index (χ2n) is 5.39. The average Bonchev–Trinajstić information content (AvgIpc) is 3.13. The number of hydrogen-bond donors (Lipinski definition) is 0. The van der Waals surface area contributed by atoms with Crippen molar-refractivity contribution >= 4 is 10.9 Å². The van der Waals surface area contributed by atoms with Crippen molar-refractivity contribution in [3.8, 4) is 11.5 Å². The summed E-state index contributed by atoms with van der Waals surface area (Å²) in [7, 11) is 0. The lowest BCUT2D eigenvalue weighted by atomic mass is 10.2. The van der Waals surface area contributed by atoms with Crippen molar-refractivity contribution in [3.63, 3.8) is 0 Å². The van der Waals surface area contributed by atoms with Crippen LogP contribution in [-0.2, 0) is 6.54 Å². The van der Waals surface area contributed by atoms with Crippen LogP contribution in [0.25, 0.3) is 22.4 Å². The molecule has 0 N–H and O–H groups in total. The van der Waals surface area contributed by atoms with E-state index in [1.165, 1.54) is 10.9 Å². The molecule has 0 bridgehead atoms. The van der Waals surface area contributed by atoms with Crippen molar-refractivity contribution in [2.45, 2.75) is 13.5 Å². The highest BCUT2D eigenvalue weighted by molar-refractivity contribution is 5.80. The van der Waals surface area contributed by atoms with Gasteiger partial charge in [-0.3, -0.25) is 0 Å². The smallest absolute Gasteiger partial charge is 0.226 e. The van der Waals surface area contributed by atoms with E-state index in [0.717, 1.165) is 23.6 Å². The SMILES string of the molecule is Cc1oc(-c2ccccc2)nc1Cn1ccc2ccccc21. The number of hydrogen-bond acceptors (Lipinski definition) is 2. The lowest BCUT2D eigenvalue weighted by molar-refractivity contribution is 0.538. The van der Waals surface area contributed by atoms with Crippen LogP contribution in [0, 0.1) is 6.92 Å². The van der Waals surface area contributed by atoms with Crippen LogP contribution in [-0.4, -0.2) is 9.55 Å². The predicted molar refractivity (Wildman–Crippen MR) is 87.7 cm³/mol. The molecular formula is C19H16N2O. The summed E-state index contributed by atoms with van der Waals surface area (Å²) in [6.07, 6.45) is 2.10. The molecule has 2 aromatic heterocycles. The molecule has 4 rings (SSSR count). The zero-order chi connectivity index (χ0) is 14.9. The van der Waals surface area contributed by atoms with E-state index in [2.05, 4.69) is 46.1 Å². The minimum Gasteiger partial charge on any atom is -0.441 e. The van der Waals surface area contributed by atoms with Crippen LogP contribution < -0.4 is 0 Å². The van der Waals surface area contributed by atoms with Gasteiger partial charge in [-0.15, -0.1) is 0 Å². The van der Waals surface area contributed by atoms with Crippen molar-refractivity contribution in [1.29, 1.82) is 0 Å². The van der Waals surface area contributed by atoms with E-state index in [1.54, 1.807) is 0 Å². The van der Waals surface area contributed by atoms with Gasteiger partial charge in [0.15, 0.2) is 0 Å². The summed E-state index contributed by atoms with van der Waals surface area (Å²) in [6.45, 7) is 2.69. The minimum atomic E-state index is 0.685. The normalized spacial score (nSPS) is 11.1. The van der Waals surface area contributed by atoms with Gasteiger partial charge < -0.3 is 8.98 Å². The van der Waals surface area contributed by atoms with Crippen molar-refractivity contribution in [3.05, 3.63) is 78.3 Å². The number of aryl methyl sites for hydroxylation is 1. The molecule has 2 aromatic carbocycles. The Balaban J connectivity index is 1.70. The lowest BCUT2D eigenvalue weighted by Gasteiger charge is -2.02. The Morgan fingerprint density at radius 1 is 0.955 bits per heavy atom. The molecule has 0 radical (unpaired) electrons. The Morgan fingerprint density at radius 3 is 2.59 bits per heavy atom. The van der Waals surface area contributed by atoms with Crippen LogP contribution in [0.15, 0.2) is 71.3 Å². The number of para-hydroxylation sites is 1. The molecule has 0 atom stereocenters. The van der Waals surface area contributed by atoms with Gasteiger partial charge in [0, 0.05) is 17.3 Å². The maximum absolute atomic E-state index is 5.84. The summed E-state index contributed by atoms with van der Waals surface area (Å²) in [5.74, 6) is 1.56. The van der Waals surface area contributed by atoms with Crippen LogP contribution in [0.2, 0.25) is 0 Å². The zero-order valence-electron chi connectivity index (χ0n) is 12.4. The number of benzene rings is 2. The maximum atomic E-state index is 5.84. The Kier molecular flexibility index (Phi) is 3.04. The monoisotopic (exact) mass is 288 g/mol. The molecule has 3 nitrogen and oxygen atoms in total. The Hall–Kier alpha value is -2.81. The number of aromatic nitrogens is 2. The highest BCUT2D eigenvalue weighted by Crippen LogP contribution is 2.23. The van der Waals surface area contributed by atoms with E-state index >= 15 is 0 Å². The molecule has 0 aliphatic carbocycles. The summed E-state index contributed by atoms with van der Waals surface area (Å²) in [6, 6.07) is 20.5. The van der Waals surface area contributed by atoms with Crippen LogP contribution in [0.4, 0.5) is 0 Å². The fourth-order valence-corrected chi connectivity index (χ4v) is 2.72. The lowest BCUT2D eigenvalue weighted by Crippen LogP contribution is -1.99. The molecule has 0 aliphatic rings. The molecule has 0 aliphatic heterocycles. The van der Waals surface area contributed by atoms with E-state index in [9.17, 15) is 0 Å². The van der Waals surface area contributed by atoms with Gasteiger partial charge in [-0.2, -0.15) is 0 Å². The van der Waals surface area contributed by atoms with Gasteiger partial charge in [0.05, 0.1) is 6.54 Å². The summed E-state index contributed by atoms with van der Waals surface area (Å²) in [4.78, 5) is 4.67. The Morgan fingerprint density at radius 2 is 1.73 bits per heavy atom. The van der Waals surface area contributed by atoms with Crippen LogP contribution >= 0.6 is 0 Å². The molecule has 3 heteroatoms. The van der Waals surface area contributed by atoms with Gasteiger partial charge >= 0.3 is 0 Å². The number of nitrogens with zero attached hydrogens (tertiary/aromatic N) is 2. The van der Waals surface area contributed by atoms with Gasteiger partial charge in [0.1, 0.15) is 11.5 Å². The second-order valence-corrected chi connectivity index (χ2v) is 5.39. The predicted octanol–water partition coefficient (Wildman–Crippen LogP) is 4.65. The standard InChI is InChI=1S/C19H16N2O/c1-14-17(20-19(22-14)16-8-3-2-4-9-16)13-21-12-11-15-7-5-6-10-18(15)21/h2-12H,13H2,1H3. The third kappa shape index (κ3) is 2.21. The molecule has 108 valence electrons. The summed E-state index contributed by atoms with van der Waals surface area (Å²) < 4.78 is 8.04. The van der Waals surface area contributed by atoms with Crippen LogP contribution in [0.5, 0.6) is 0 Å². The molecule has 0 fully saturated rings. The highest BCUT2D eigenvalue weighted by Gasteiger charge is 2.12. The van der Waals surface area contributed by atoms with Gasteiger partial charge in [0.25, 0.3) is 0 Å². The third-order valence-corrected chi connectivity index (χ3v) is 3.91. The van der Waals surface area contributed by atoms with E-state index in [0.29, 0.717) is 5.89 Å². The first-order chi connectivity index (χ1) is 10.8. The molecule has 4 aromatic rings. The molecular weight excluding hydrogens is 272 g/mol. The number of fused-ring (bicyclic) bond motifs is 1. The first-order valence-corrected chi connectivity index (χ1v) is 7.37. The summed E-state index contributed by atoms with van der Waals surface area (Å²) in [5.41, 5.74) is 3.19. The number of rotatable bonds is 3. The molecule has 2 heterocycles. The summed E-state index contributed by atoms with van der Waals surface area (Å²) >= 11 is 0. The van der Waals surface area contributed by atoms with Gasteiger partial charge in [-0.05, 0) is 36.6 Å². The van der Waals surface area contributed by atoms with Gasteiger partial charge in [-0.25, -0.2) is 4.98 Å². The molecule has 0 saturated heterocycles. The van der Waals surface area contributed by atoms with E-state index in [4.69, 9.17) is 4.42 Å². The first-order valence-electron chi connectivity index (χ1n) is 7.37. The third-order valence-electron chi connectivity index (χ3n) is 3.91. The molecule has 0 spiro atoms. The largest absolute Gasteiger partial charge is 0.441 e. The van der Waals surface area contributed by atoms with Crippen molar-refractivity contribution in [2.24, 2.45) is 0 Å². The van der Waals surface area contributed by atoms with E-state index < -0.39 is 0 Å². The summed E-state index contributed by atoms with van der Waals surface area (Å²) in [5, 5.41) is 1.24. The first kappa shape index (κ1) is 12.9. The van der Waals surface area contributed by atoms with Gasteiger partial charge in [0.2, 0.25) is 5.89 Å². The zero-order valence-corrected chi connectivity index (χ0v) is 12.4. The van der Waals surface area contributed by atoms with Gasteiger partial charge in [-0.1, -0.05) is 36.4 Å². The Bertz CT molecular complexity index is 919. The topological polar surface area (TPSA) is 31.0 Å². The van der Waals surface area contributed by atoms with Crippen LogP contribution in [0.1, 0.15) is 11.5 Å². The van der Waals surface area contributed by atoms with Crippen molar-refractivity contribution in [1.82, 2.24) is 9.55 Å². The second kappa shape index (κ2) is 5.19. The molecule has 0 saturated carbocycles. The van der Waals surface area contributed by atoms with E-state index in [1.807, 2.05) is 37.3 Å². The average molecular weight is 288 g/mol. The molecule has 0 unspecified atom stereocenters. The quantitative estimate of drug-likeness (QED) is 0.549. The van der Waals surface area contributed by atoms with Crippen molar-refractivity contribution in [2.75, 3.05) is 0 Å². The van der Waals surface area contributed by atoms with Crippen LogP contribution in [0.3, 0.4) is 0 Å². The fourth-order valence-electron chi connectivity index (χ4n) is 2.72. The molecule has 0 amide bonds. The minimum absolute atomic E-state index is 0.685. The fraction of sp³-hybridized carbons (Fsp3) is 0.105. The Labute approximate surface area is 128 Å². The van der Waals surface area contributed by atoms with Crippen molar-refractivity contribution < 1.29 is 4.42 Å². The highest BCUT2D eigenvalue weighted by atomic mass is 16.4. The molecule has 22 heavy (non-hydrogen) atoms. The van der Waals surface area contributed by atoms with E-state index in [-0.39, 0.29) is 0 Å². The maximum Gasteiger partial charge on any atom is 0.226 e.